The summed E-state index contributed by atoms with van der Waals surface area (Å²) in [6.45, 7) is 4.41. The summed E-state index contributed by atoms with van der Waals surface area (Å²) in [5.74, 6) is 0.905. The Balaban J connectivity index is 2.35. The zero-order valence-electron chi connectivity index (χ0n) is 12.7. The van der Waals surface area contributed by atoms with Gasteiger partial charge in [0.2, 0.25) is 0 Å². The van der Waals surface area contributed by atoms with E-state index in [2.05, 4.69) is 26.0 Å². The average Bonchev–Trinajstić information content (AvgIpc) is 2.39. The standard InChI is InChI=1S/C17H29NO/c1-4-5-6-7-8-13-17(2,18)14-15-9-11-16(19-3)12-10-15/h9-12H,4-8,13-14,18H2,1-3H3. The summed E-state index contributed by atoms with van der Waals surface area (Å²) >= 11 is 0. The number of ether oxygens (including phenoxy) is 1. The Morgan fingerprint density at radius 2 is 1.68 bits per heavy atom. The lowest BCUT2D eigenvalue weighted by Gasteiger charge is -2.25. The number of hydrogen-bond acceptors (Lipinski definition) is 2. The van der Waals surface area contributed by atoms with Crippen LogP contribution in [0.4, 0.5) is 0 Å². The lowest BCUT2D eigenvalue weighted by molar-refractivity contribution is 0.402. The maximum atomic E-state index is 6.40. The van der Waals surface area contributed by atoms with Crippen molar-refractivity contribution in [1.82, 2.24) is 0 Å². The van der Waals surface area contributed by atoms with Gasteiger partial charge in [-0.3, -0.25) is 0 Å². The van der Waals surface area contributed by atoms with Gasteiger partial charge in [0.05, 0.1) is 7.11 Å². The van der Waals surface area contributed by atoms with Crippen molar-refractivity contribution in [3.63, 3.8) is 0 Å². The molecule has 2 nitrogen and oxygen atoms in total. The first-order valence-corrected chi connectivity index (χ1v) is 7.49. The summed E-state index contributed by atoms with van der Waals surface area (Å²) in [6.07, 6.45) is 8.57. The molecule has 1 aromatic carbocycles. The van der Waals surface area contributed by atoms with Crippen LogP contribution in [-0.4, -0.2) is 12.6 Å². The van der Waals surface area contributed by atoms with Gasteiger partial charge in [0.25, 0.3) is 0 Å². The first-order valence-electron chi connectivity index (χ1n) is 7.49. The first-order chi connectivity index (χ1) is 9.07. The molecule has 2 heteroatoms. The van der Waals surface area contributed by atoms with Crippen LogP contribution in [0.25, 0.3) is 0 Å². The maximum Gasteiger partial charge on any atom is 0.118 e. The zero-order valence-corrected chi connectivity index (χ0v) is 12.7. The van der Waals surface area contributed by atoms with E-state index in [0.29, 0.717) is 0 Å². The van der Waals surface area contributed by atoms with Crippen molar-refractivity contribution in [3.05, 3.63) is 29.8 Å². The average molecular weight is 263 g/mol. The summed E-state index contributed by atoms with van der Waals surface area (Å²) in [4.78, 5) is 0. The highest BCUT2D eigenvalue weighted by Gasteiger charge is 2.18. The summed E-state index contributed by atoms with van der Waals surface area (Å²) < 4.78 is 5.17. The molecule has 0 heterocycles. The SMILES string of the molecule is CCCCCCCC(C)(N)Cc1ccc(OC)cc1. The van der Waals surface area contributed by atoms with Crippen LogP contribution in [-0.2, 0) is 6.42 Å². The molecular weight excluding hydrogens is 234 g/mol. The van der Waals surface area contributed by atoms with Gasteiger partial charge in [-0.05, 0) is 37.5 Å². The fourth-order valence-corrected chi connectivity index (χ4v) is 2.43. The molecule has 1 rings (SSSR count). The minimum Gasteiger partial charge on any atom is -0.497 e. The molecular formula is C17H29NO. The predicted octanol–water partition coefficient (Wildman–Crippen LogP) is 4.32. The first kappa shape index (κ1) is 16.0. The highest BCUT2D eigenvalue weighted by molar-refractivity contribution is 5.28. The van der Waals surface area contributed by atoms with Gasteiger partial charge >= 0.3 is 0 Å². The molecule has 0 saturated carbocycles. The van der Waals surface area contributed by atoms with Crippen molar-refractivity contribution in [2.75, 3.05) is 7.11 Å². The number of nitrogens with two attached hydrogens (primary N) is 1. The number of unbranched alkanes of at least 4 members (excludes halogenated alkanes) is 4. The molecule has 19 heavy (non-hydrogen) atoms. The van der Waals surface area contributed by atoms with Crippen LogP contribution in [0.15, 0.2) is 24.3 Å². The lowest BCUT2D eigenvalue weighted by atomic mass is 9.88. The van der Waals surface area contributed by atoms with E-state index in [1.54, 1.807) is 7.11 Å². The van der Waals surface area contributed by atoms with Crippen molar-refractivity contribution in [2.24, 2.45) is 5.73 Å². The maximum absolute atomic E-state index is 6.40. The topological polar surface area (TPSA) is 35.2 Å². The van der Waals surface area contributed by atoms with E-state index in [4.69, 9.17) is 10.5 Å². The van der Waals surface area contributed by atoms with Gasteiger partial charge in [-0.25, -0.2) is 0 Å². The van der Waals surface area contributed by atoms with Gasteiger partial charge < -0.3 is 10.5 Å². The molecule has 0 radical (unpaired) electrons. The third kappa shape index (κ3) is 6.63. The van der Waals surface area contributed by atoms with E-state index < -0.39 is 0 Å². The summed E-state index contributed by atoms with van der Waals surface area (Å²) in [5.41, 5.74) is 7.60. The lowest BCUT2D eigenvalue weighted by Crippen LogP contribution is -2.38. The highest BCUT2D eigenvalue weighted by atomic mass is 16.5. The summed E-state index contributed by atoms with van der Waals surface area (Å²) in [7, 11) is 1.69. The van der Waals surface area contributed by atoms with Crippen molar-refractivity contribution >= 4 is 0 Å². The van der Waals surface area contributed by atoms with Gasteiger partial charge in [-0.1, -0.05) is 51.2 Å². The number of hydrogen-bond donors (Lipinski definition) is 1. The minimum atomic E-state index is -0.0964. The molecule has 0 aromatic heterocycles. The molecule has 1 aromatic rings. The molecule has 0 aliphatic carbocycles. The largest absolute Gasteiger partial charge is 0.497 e. The van der Waals surface area contributed by atoms with E-state index in [1.807, 2.05) is 12.1 Å². The van der Waals surface area contributed by atoms with Crippen LogP contribution in [0, 0.1) is 0 Å². The van der Waals surface area contributed by atoms with Crippen LogP contribution in [0.5, 0.6) is 5.75 Å². The van der Waals surface area contributed by atoms with Gasteiger partial charge in [-0.15, -0.1) is 0 Å². The van der Waals surface area contributed by atoms with Gasteiger partial charge in [0, 0.05) is 5.54 Å². The van der Waals surface area contributed by atoms with Crippen molar-refractivity contribution in [1.29, 1.82) is 0 Å². The second-order valence-corrected chi connectivity index (χ2v) is 5.84. The quantitative estimate of drug-likeness (QED) is 0.674. The second-order valence-electron chi connectivity index (χ2n) is 5.84. The van der Waals surface area contributed by atoms with Crippen molar-refractivity contribution in [3.8, 4) is 5.75 Å². The monoisotopic (exact) mass is 263 g/mol. The van der Waals surface area contributed by atoms with Crippen LogP contribution in [0.3, 0.4) is 0 Å². The van der Waals surface area contributed by atoms with Gasteiger partial charge in [0.15, 0.2) is 0 Å². The Hall–Kier alpha value is -1.02. The van der Waals surface area contributed by atoms with Crippen LogP contribution < -0.4 is 10.5 Å². The Bertz CT molecular complexity index is 343. The smallest absolute Gasteiger partial charge is 0.118 e. The van der Waals surface area contributed by atoms with Crippen molar-refractivity contribution < 1.29 is 4.74 Å². The Kier molecular flexibility index (Phi) is 6.93. The van der Waals surface area contributed by atoms with E-state index in [9.17, 15) is 0 Å². The fourth-order valence-electron chi connectivity index (χ4n) is 2.43. The molecule has 0 fully saturated rings. The van der Waals surface area contributed by atoms with E-state index in [0.717, 1.165) is 18.6 Å². The molecule has 0 aliphatic heterocycles. The van der Waals surface area contributed by atoms with E-state index in [-0.39, 0.29) is 5.54 Å². The van der Waals surface area contributed by atoms with E-state index in [1.165, 1.54) is 37.7 Å². The molecule has 0 amide bonds. The molecule has 0 spiro atoms. The molecule has 0 aliphatic rings. The zero-order chi connectivity index (χ0) is 14.1. The molecule has 1 atom stereocenters. The second kappa shape index (κ2) is 8.21. The molecule has 0 bridgehead atoms. The molecule has 108 valence electrons. The van der Waals surface area contributed by atoms with Gasteiger partial charge in [0.1, 0.15) is 5.75 Å². The summed E-state index contributed by atoms with van der Waals surface area (Å²) in [5, 5.41) is 0. The Morgan fingerprint density at radius 3 is 2.26 bits per heavy atom. The van der Waals surface area contributed by atoms with Crippen LogP contribution in [0.2, 0.25) is 0 Å². The number of benzene rings is 1. The summed E-state index contributed by atoms with van der Waals surface area (Å²) in [6, 6.07) is 8.24. The van der Waals surface area contributed by atoms with Gasteiger partial charge in [-0.2, -0.15) is 0 Å². The van der Waals surface area contributed by atoms with Crippen LogP contribution >= 0.6 is 0 Å². The third-order valence-electron chi connectivity index (χ3n) is 3.62. The third-order valence-corrected chi connectivity index (χ3v) is 3.62. The number of methoxy groups -OCH3 is 1. The Morgan fingerprint density at radius 1 is 1.05 bits per heavy atom. The normalized spacial score (nSPS) is 14.1. The van der Waals surface area contributed by atoms with Crippen molar-refractivity contribution in [2.45, 2.75) is 64.3 Å². The van der Waals surface area contributed by atoms with Crippen LogP contribution in [0.1, 0.15) is 57.9 Å². The highest BCUT2D eigenvalue weighted by Crippen LogP contribution is 2.20. The molecule has 1 unspecified atom stereocenters. The van der Waals surface area contributed by atoms with E-state index >= 15 is 0 Å². The molecule has 2 N–H and O–H groups in total. The number of rotatable bonds is 9. The predicted molar refractivity (Wildman–Crippen MR) is 82.7 cm³/mol. The minimum absolute atomic E-state index is 0.0964. The Labute approximate surface area is 118 Å². The fraction of sp³-hybridized carbons (Fsp3) is 0.647. The molecule has 0 saturated heterocycles.